The molecular formula is C16H18FNO3. The lowest BCUT2D eigenvalue weighted by atomic mass is 10.1. The molecule has 1 aliphatic rings. The first-order chi connectivity index (χ1) is 9.95. The van der Waals surface area contributed by atoms with Crippen molar-refractivity contribution in [1.82, 2.24) is 5.32 Å². The first-order valence-corrected chi connectivity index (χ1v) is 6.97. The number of carboxylic acid groups (broad SMARTS) is 1. The van der Waals surface area contributed by atoms with Crippen LogP contribution in [-0.2, 0) is 4.79 Å². The van der Waals surface area contributed by atoms with E-state index in [4.69, 9.17) is 5.11 Å². The third-order valence-corrected chi connectivity index (χ3v) is 3.68. The number of benzene rings is 1. The van der Waals surface area contributed by atoms with Gasteiger partial charge in [0.2, 0.25) is 0 Å². The quantitative estimate of drug-likeness (QED) is 0.838. The van der Waals surface area contributed by atoms with Crippen molar-refractivity contribution in [3.8, 4) is 0 Å². The molecule has 0 radical (unpaired) electrons. The molecule has 5 heteroatoms. The minimum atomic E-state index is -1.09. The molecule has 112 valence electrons. The van der Waals surface area contributed by atoms with Gasteiger partial charge in [-0.05, 0) is 49.0 Å². The molecule has 2 rings (SSSR count). The maximum atomic E-state index is 13.8. The highest BCUT2D eigenvalue weighted by Crippen LogP contribution is 2.25. The smallest absolute Gasteiger partial charge is 0.328 e. The van der Waals surface area contributed by atoms with E-state index in [-0.39, 0.29) is 11.6 Å². The summed E-state index contributed by atoms with van der Waals surface area (Å²) in [4.78, 5) is 22.6. The molecule has 0 spiro atoms. The van der Waals surface area contributed by atoms with Crippen LogP contribution in [0.25, 0.3) is 6.08 Å². The highest BCUT2D eigenvalue weighted by atomic mass is 19.1. The lowest BCUT2D eigenvalue weighted by molar-refractivity contribution is -0.131. The van der Waals surface area contributed by atoms with Crippen molar-refractivity contribution in [2.45, 2.75) is 32.2 Å². The first kappa shape index (κ1) is 15.2. The molecule has 1 amide bonds. The molecule has 0 aliphatic heterocycles. The normalized spacial score (nSPS) is 21.6. The SMILES string of the molecule is CC1CCC(NC(=O)c2cc(/C=C/C(=O)O)ccc2F)C1. The number of amides is 1. The summed E-state index contributed by atoms with van der Waals surface area (Å²) in [6.07, 6.45) is 5.16. The molecule has 2 atom stereocenters. The van der Waals surface area contributed by atoms with Gasteiger partial charge < -0.3 is 10.4 Å². The fourth-order valence-electron chi connectivity index (χ4n) is 2.59. The Kier molecular flexibility index (Phi) is 4.73. The van der Waals surface area contributed by atoms with E-state index >= 15 is 0 Å². The van der Waals surface area contributed by atoms with Crippen LogP contribution in [0, 0.1) is 11.7 Å². The van der Waals surface area contributed by atoms with E-state index in [1.165, 1.54) is 24.3 Å². The standard InChI is InChI=1S/C16H18FNO3/c1-10-2-5-12(8-10)18-16(21)13-9-11(3-6-14(13)17)4-7-15(19)20/h3-4,6-7,9-10,12H,2,5,8H2,1H3,(H,18,21)(H,19,20)/b7-4+. The second-order valence-electron chi connectivity index (χ2n) is 5.50. The zero-order valence-electron chi connectivity index (χ0n) is 11.8. The Balaban J connectivity index is 2.12. The van der Waals surface area contributed by atoms with Crippen LogP contribution in [0.15, 0.2) is 24.3 Å². The van der Waals surface area contributed by atoms with Crippen molar-refractivity contribution in [2.75, 3.05) is 0 Å². The number of rotatable bonds is 4. The van der Waals surface area contributed by atoms with Gasteiger partial charge in [0.1, 0.15) is 5.82 Å². The third kappa shape index (κ3) is 4.15. The van der Waals surface area contributed by atoms with E-state index < -0.39 is 17.7 Å². The van der Waals surface area contributed by atoms with Crippen molar-refractivity contribution in [1.29, 1.82) is 0 Å². The molecule has 1 aromatic rings. The Labute approximate surface area is 122 Å². The summed E-state index contributed by atoms with van der Waals surface area (Å²) in [5.74, 6) is -1.57. The van der Waals surface area contributed by atoms with Gasteiger partial charge in [0.25, 0.3) is 5.91 Å². The van der Waals surface area contributed by atoms with Crippen LogP contribution in [0.4, 0.5) is 4.39 Å². The van der Waals surface area contributed by atoms with Crippen LogP contribution in [0.2, 0.25) is 0 Å². The van der Waals surface area contributed by atoms with Crippen LogP contribution in [0.1, 0.15) is 42.1 Å². The Morgan fingerprint density at radius 1 is 1.38 bits per heavy atom. The van der Waals surface area contributed by atoms with E-state index in [1.807, 2.05) is 0 Å². The Hall–Kier alpha value is -2.17. The molecule has 1 fully saturated rings. The number of nitrogens with one attached hydrogen (secondary N) is 1. The van der Waals surface area contributed by atoms with E-state index in [9.17, 15) is 14.0 Å². The Morgan fingerprint density at radius 2 is 2.14 bits per heavy atom. The third-order valence-electron chi connectivity index (χ3n) is 3.68. The highest BCUT2D eigenvalue weighted by molar-refractivity contribution is 5.95. The summed E-state index contributed by atoms with van der Waals surface area (Å²) in [5, 5.41) is 11.4. The molecular weight excluding hydrogens is 273 g/mol. The predicted octanol–water partition coefficient (Wildman–Crippen LogP) is 2.84. The monoisotopic (exact) mass is 291 g/mol. The van der Waals surface area contributed by atoms with Crippen molar-refractivity contribution >= 4 is 18.0 Å². The fraction of sp³-hybridized carbons (Fsp3) is 0.375. The summed E-state index contributed by atoms with van der Waals surface area (Å²) >= 11 is 0. The lowest BCUT2D eigenvalue weighted by Gasteiger charge is -2.13. The van der Waals surface area contributed by atoms with Crippen LogP contribution in [-0.4, -0.2) is 23.0 Å². The minimum absolute atomic E-state index is 0.0536. The van der Waals surface area contributed by atoms with E-state index in [0.29, 0.717) is 11.5 Å². The molecule has 0 heterocycles. The van der Waals surface area contributed by atoms with Crippen LogP contribution in [0.5, 0.6) is 0 Å². The highest BCUT2D eigenvalue weighted by Gasteiger charge is 2.24. The zero-order valence-corrected chi connectivity index (χ0v) is 11.8. The largest absolute Gasteiger partial charge is 0.478 e. The molecule has 2 N–H and O–H groups in total. The molecule has 21 heavy (non-hydrogen) atoms. The lowest BCUT2D eigenvalue weighted by Crippen LogP contribution is -2.33. The summed E-state index contributed by atoms with van der Waals surface area (Å²) in [7, 11) is 0. The molecule has 4 nitrogen and oxygen atoms in total. The molecule has 0 aromatic heterocycles. The van der Waals surface area contributed by atoms with Crippen molar-refractivity contribution in [2.24, 2.45) is 5.92 Å². The Morgan fingerprint density at radius 3 is 2.76 bits per heavy atom. The van der Waals surface area contributed by atoms with Gasteiger partial charge in [0.15, 0.2) is 0 Å². The second-order valence-corrected chi connectivity index (χ2v) is 5.50. The van der Waals surface area contributed by atoms with Gasteiger partial charge in [-0.1, -0.05) is 13.0 Å². The van der Waals surface area contributed by atoms with Crippen LogP contribution in [0.3, 0.4) is 0 Å². The molecule has 1 aliphatic carbocycles. The molecule has 2 unspecified atom stereocenters. The minimum Gasteiger partial charge on any atom is -0.478 e. The summed E-state index contributed by atoms with van der Waals surface area (Å²) < 4.78 is 13.8. The number of halogens is 1. The first-order valence-electron chi connectivity index (χ1n) is 6.97. The van der Waals surface area contributed by atoms with Gasteiger partial charge in [-0.25, -0.2) is 9.18 Å². The number of carbonyl (C=O) groups is 2. The van der Waals surface area contributed by atoms with Gasteiger partial charge in [-0.2, -0.15) is 0 Å². The Bertz CT molecular complexity index is 583. The maximum absolute atomic E-state index is 13.8. The number of aliphatic carboxylic acids is 1. The summed E-state index contributed by atoms with van der Waals surface area (Å²) in [6, 6.07) is 4.06. The van der Waals surface area contributed by atoms with Gasteiger partial charge in [-0.15, -0.1) is 0 Å². The van der Waals surface area contributed by atoms with E-state index in [2.05, 4.69) is 12.2 Å². The number of carboxylic acids is 1. The summed E-state index contributed by atoms with van der Waals surface area (Å²) in [6.45, 7) is 2.13. The van der Waals surface area contributed by atoms with Gasteiger partial charge in [-0.3, -0.25) is 4.79 Å². The summed E-state index contributed by atoms with van der Waals surface area (Å²) in [5.41, 5.74) is 0.422. The molecule has 1 saturated carbocycles. The molecule has 1 aromatic carbocycles. The van der Waals surface area contributed by atoms with Crippen molar-refractivity contribution in [3.63, 3.8) is 0 Å². The predicted molar refractivity (Wildman–Crippen MR) is 77.3 cm³/mol. The maximum Gasteiger partial charge on any atom is 0.328 e. The zero-order chi connectivity index (χ0) is 15.4. The topological polar surface area (TPSA) is 66.4 Å². The van der Waals surface area contributed by atoms with Crippen molar-refractivity contribution < 1.29 is 19.1 Å². The molecule has 0 saturated heterocycles. The molecule has 0 bridgehead atoms. The van der Waals surface area contributed by atoms with E-state index in [1.54, 1.807) is 0 Å². The average molecular weight is 291 g/mol. The number of hydrogen-bond acceptors (Lipinski definition) is 2. The van der Waals surface area contributed by atoms with Crippen LogP contribution >= 0.6 is 0 Å². The van der Waals surface area contributed by atoms with Crippen molar-refractivity contribution in [3.05, 3.63) is 41.2 Å². The van der Waals surface area contributed by atoms with Gasteiger partial charge in [0, 0.05) is 12.1 Å². The van der Waals surface area contributed by atoms with Crippen LogP contribution < -0.4 is 5.32 Å². The van der Waals surface area contributed by atoms with Gasteiger partial charge in [0.05, 0.1) is 5.56 Å². The number of carbonyl (C=O) groups excluding carboxylic acids is 1. The number of hydrogen-bond donors (Lipinski definition) is 2. The average Bonchev–Trinajstić information content (AvgIpc) is 2.83. The fourth-order valence-corrected chi connectivity index (χ4v) is 2.59. The van der Waals surface area contributed by atoms with Gasteiger partial charge >= 0.3 is 5.97 Å². The second kappa shape index (κ2) is 6.52. The van der Waals surface area contributed by atoms with E-state index in [0.717, 1.165) is 25.3 Å².